The molecule has 3 aromatic rings. The Labute approximate surface area is 229 Å². The molecule has 0 unspecified atom stereocenters. The van der Waals surface area contributed by atoms with Gasteiger partial charge in [0, 0.05) is 67.7 Å². The molecule has 8 nitrogen and oxygen atoms in total. The number of benzene rings is 2. The number of urea groups is 1. The van der Waals surface area contributed by atoms with E-state index in [0.29, 0.717) is 29.6 Å². The molecule has 5 rings (SSSR count). The van der Waals surface area contributed by atoms with Gasteiger partial charge >= 0.3 is 6.03 Å². The number of piperazine rings is 1. The van der Waals surface area contributed by atoms with E-state index in [1.165, 1.54) is 0 Å². The molecule has 1 aromatic heterocycles. The maximum atomic E-state index is 13.7. The highest BCUT2D eigenvalue weighted by Crippen LogP contribution is 2.37. The molecule has 38 heavy (non-hydrogen) atoms. The van der Waals surface area contributed by atoms with E-state index in [4.69, 9.17) is 26.3 Å². The molecule has 200 valence electrons. The van der Waals surface area contributed by atoms with Crippen molar-refractivity contribution in [1.29, 1.82) is 0 Å². The molecule has 1 saturated heterocycles. The normalized spacial score (nSPS) is 16.3. The fourth-order valence-electron chi connectivity index (χ4n) is 5.21. The molecule has 9 heteroatoms. The molecule has 2 aliphatic rings. The van der Waals surface area contributed by atoms with Gasteiger partial charge < -0.3 is 14.5 Å². The smallest absolute Gasteiger partial charge is 0.330 e. The molecule has 0 atom stereocenters. The first-order valence-corrected chi connectivity index (χ1v) is 13.5. The fraction of sp³-hybridized carbons (Fsp3) is 0.414. The lowest BCUT2D eigenvalue weighted by Crippen LogP contribution is -2.51. The van der Waals surface area contributed by atoms with Crippen molar-refractivity contribution in [3.8, 4) is 5.75 Å². The molecule has 0 spiro atoms. The molecular formula is C29H35ClN6O2. The SMILES string of the molecule is COc1cc(N2CCN(C)CC2)ccc1Cc1ncc2c(n1)N(C(C)C)C(=O)N(c1c(C)cccc1Cl)C2. The van der Waals surface area contributed by atoms with Gasteiger partial charge in [0.2, 0.25) is 0 Å². The zero-order chi connectivity index (χ0) is 27.0. The molecule has 2 amide bonds. The van der Waals surface area contributed by atoms with Gasteiger partial charge in [-0.1, -0.05) is 29.8 Å². The van der Waals surface area contributed by atoms with E-state index in [9.17, 15) is 4.79 Å². The molecule has 0 aliphatic carbocycles. The number of hydrogen-bond donors (Lipinski definition) is 0. The molecule has 3 heterocycles. The monoisotopic (exact) mass is 534 g/mol. The maximum absolute atomic E-state index is 13.7. The number of methoxy groups -OCH3 is 1. The van der Waals surface area contributed by atoms with Crippen molar-refractivity contribution in [3.05, 3.63) is 70.1 Å². The van der Waals surface area contributed by atoms with E-state index in [1.807, 2.05) is 45.2 Å². The van der Waals surface area contributed by atoms with E-state index >= 15 is 0 Å². The first kappa shape index (κ1) is 26.3. The number of carbonyl (C=O) groups excluding carboxylic acids is 1. The van der Waals surface area contributed by atoms with Crippen molar-refractivity contribution in [3.63, 3.8) is 0 Å². The molecule has 0 N–H and O–H groups in total. The van der Waals surface area contributed by atoms with Gasteiger partial charge in [0.1, 0.15) is 17.4 Å². The number of likely N-dealkylation sites (N-methyl/N-ethyl adjacent to an activating group) is 1. The van der Waals surface area contributed by atoms with E-state index in [2.05, 4.69) is 35.0 Å². The van der Waals surface area contributed by atoms with Crippen LogP contribution in [0.25, 0.3) is 0 Å². The quantitative estimate of drug-likeness (QED) is 0.436. The van der Waals surface area contributed by atoms with E-state index in [-0.39, 0.29) is 12.1 Å². The second-order valence-electron chi connectivity index (χ2n) is 10.3. The molecule has 0 radical (unpaired) electrons. The summed E-state index contributed by atoms with van der Waals surface area (Å²) in [6.07, 6.45) is 2.34. The van der Waals surface area contributed by atoms with E-state index in [0.717, 1.165) is 60.0 Å². The summed E-state index contributed by atoms with van der Waals surface area (Å²) in [6, 6.07) is 11.8. The van der Waals surface area contributed by atoms with Crippen molar-refractivity contribution in [2.75, 3.05) is 55.0 Å². The lowest BCUT2D eigenvalue weighted by atomic mass is 10.1. The van der Waals surface area contributed by atoms with Crippen molar-refractivity contribution in [2.24, 2.45) is 0 Å². The van der Waals surface area contributed by atoms with Gasteiger partial charge in [-0.15, -0.1) is 0 Å². The van der Waals surface area contributed by atoms with Gasteiger partial charge in [-0.25, -0.2) is 14.8 Å². The van der Waals surface area contributed by atoms with Gasteiger partial charge in [-0.05, 0) is 45.5 Å². The minimum absolute atomic E-state index is 0.0907. The molecule has 2 aliphatic heterocycles. The largest absolute Gasteiger partial charge is 0.496 e. The number of halogens is 1. The zero-order valence-electron chi connectivity index (χ0n) is 22.7. The van der Waals surface area contributed by atoms with Gasteiger partial charge in [0.25, 0.3) is 0 Å². The first-order chi connectivity index (χ1) is 18.3. The van der Waals surface area contributed by atoms with Gasteiger partial charge in [0.05, 0.1) is 24.4 Å². The molecule has 0 bridgehead atoms. The summed E-state index contributed by atoms with van der Waals surface area (Å²) >= 11 is 6.53. The Bertz CT molecular complexity index is 1320. The van der Waals surface area contributed by atoms with Crippen LogP contribution in [0.15, 0.2) is 42.6 Å². The van der Waals surface area contributed by atoms with E-state index in [1.54, 1.807) is 16.9 Å². The summed E-state index contributed by atoms with van der Waals surface area (Å²) in [4.78, 5) is 31.5. The van der Waals surface area contributed by atoms with Crippen molar-refractivity contribution in [1.82, 2.24) is 14.9 Å². The van der Waals surface area contributed by atoms with Crippen LogP contribution in [0.1, 0.15) is 36.4 Å². The number of aryl methyl sites for hydroxylation is 1. The van der Waals surface area contributed by atoms with Crippen molar-refractivity contribution in [2.45, 2.75) is 39.8 Å². The summed E-state index contributed by atoms with van der Waals surface area (Å²) < 4.78 is 5.77. The third-order valence-electron chi connectivity index (χ3n) is 7.35. The Hall–Kier alpha value is -3.36. The zero-order valence-corrected chi connectivity index (χ0v) is 23.5. The third kappa shape index (κ3) is 5.02. The number of amides is 2. The Morgan fingerprint density at radius 3 is 2.55 bits per heavy atom. The van der Waals surface area contributed by atoms with Crippen LogP contribution in [0, 0.1) is 6.92 Å². The summed E-state index contributed by atoms with van der Waals surface area (Å²) in [5, 5.41) is 0.551. The molecular weight excluding hydrogens is 500 g/mol. The standard InChI is InChI=1S/C29H35ClN6O2/c1-19(2)36-28-22(18-35(29(36)37)27-20(3)7-6-8-24(27)30)17-31-26(32-28)15-21-9-10-23(16-25(21)38-5)34-13-11-33(4)12-14-34/h6-10,16-17,19H,11-15,18H2,1-5H3. The number of para-hydroxylation sites is 1. The number of hydrogen-bond acceptors (Lipinski definition) is 6. The van der Waals surface area contributed by atoms with Crippen LogP contribution in [0.3, 0.4) is 0 Å². The van der Waals surface area contributed by atoms with Gasteiger partial charge in [0.15, 0.2) is 0 Å². The Kier molecular flexibility index (Phi) is 7.45. The summed E-state index contributed by atoms with van der Waals surface area (Å²) in [5.41, 5.74) is 4.74. The number of nitrogens with zero attached hydrogens (tertiary/aromatic N) is 6. The lowest BCUT2D eigenvalue weighted by Gasteiger charge is -2.39. The van der Waals surface area contributed by atoms with Crippen LogP contribution in [-0.4, -0.2) is 67.3 Å². The summed E-state index contributed by atoms with van der Waals surface area (Å²) in [7, 11) is 3.85. The summed E-state index contributed by atoms with van der Waals surface area (Å²) in [6.45, 7) is 10.4. The Morgan fingerprint density at radius 1 is 1.11 bits per heavy atom. The Morgan fingerprint density at radius 2 is 1.87 bits per heavy atom. The van der Waals surface area contributed by atoms with E-state index < -0.39 is 0 Å². The van der Waals surface area contributed by atoms with Gasteiger partial charge in [-0.3, -0.25) is 9.80 Å². The number of fused-ring (bicyclic) bond motifs is 1. The Balaban J connectivity index is 1.43. The first-order valence-electron chi connectivity index (χ1n) is 13.1. The van der Waals surface area contributed by atoms with Gasteiger partial charge in [-0.2, -0.15) is 0 Å². The molecule has 0 saturated carbocycles. The topological polar surface area (TPSA) is 65.0 Å². The van der Waals surface area contributed by atoms with Crippen LogP contribution in [0.5, 0.6) is 5.75 Å². The van der Waals surface area contributed by atoms with Crippen molar-refractivity contribution >= 4 is 34.8 Å². The molecule has 1 fully saturated rings. The second-order valence-corrected chi connectivity index (χ2v) is 10.7. The van der Waals surface area contributed by atoms with Crippen LogP contribution in [0.4, 0.5) is 22.0 Å². The summed E-state index contributed by atoms with van der Waals surface area (Å²) in [5.74, 6) is 2.12. The number of anilines is 3. The average molecular weight is 535 g/mol. The van der Waals surface area contributed by atoms with Crippen molar-refractivity contribution < 1.29 is 9.53 Å². The lowest BCUT2D eigenvalue weighted by molar-refractivity contribution is 0.248. The maximum Gasteiger partial charge on any atom is 0.330 e. The van der Waals surface area contributed by atoms with Crippen LogP contribution in [0.2, 0.25) is 5.02 Å². The predicted molar refractivity (Wildman–Crippen MR) is 153 cm³/mol. The minimum Gasteiger partial charge on any atom is -0.496 e. The van der Waals surface area contributed by atoms with Crippen LogP contribution in [-0.2, 0) is 13.0 Å². The second kappa shape index (κ2) is 10.8. The fourth-order valence-corrected chi connectivity index (χ4v) is 5.54. The third-order valence-corrected chi connectivity index (χ3v) is 7.65. The molecule has 2 aromatic carbocycles. The highest BCUT2D eigenvalue weighted by atomic mass is 35.5. The highest BCUT2D eigenvalue weighted by molar-refractivity contribution is 6.34. The average Bonchev–Trinajstić information content (AvgIpc) is 2.89. The highest BCUT2D eigenvalue weighted by Gasteiger charge is 2.36. The number of aromatic nitrogens is 2. The minimum atomic E-state index is -0.137. The van der Waals surface area contributed by atoms with Crippen LogP contribution >= 0.6 is 11.6 Å². The predicted octanol–water partition coefficient (Wildman–Crippen LogP) is 5.14. The number of carbonyl (C=O) groups is 1. The van der Waals surface area contributed by atoms with Crippen LogP contribution < -0.4 is 19.4 Å². The number of rotatable bonds is 6. The number of ether oxygens (including phenoxy) is 1.